The first-order valence-corrected chi connectivity index (χ1v) is 6.56. The molecule has 0 aliphatic heterocycles. The highest BCUT2D eigenvalue weighted by Crippen LogP contribution is 2.38. The molecule has 0 aromatic heterocycles. The molecule has 0 aliphatic rings. The van der Waals surface area contributed by atoms with Crippen molar-refractivity contribution < 1.29 is 14.0 Å². The van der Waals surface area contributed by atoms with E-state index in [-0.39, 0.29) is 0 Å². The van der Waals surface area contributed by atoms with Crippen LogP contribution in [0.25, 0.3) is 10.8 Å². The lowest BCUT2D eigenvalue weighted by Crippen LogP contribution is -1.88. The monoisotopic (exact) mass is 222 g/mol. The molecule has 3 nitrogen and oxygen atoms in total. The maximum atomic E-state index is 11.1. The number of benzene rings is 2. The van der Waals surface area contributed by atoms with Gasteiger partial charge in [-0.15, -0.1) is 0 Å². The Labute approximate surface area is 87.8 Å². The van der Waals surface area contributed by atoms with Gasteiger partial charge in [-0.3, -0.25) is 0 Å². The fraction of sp³-hybridized carbons (Fsp3) is 0.0909. The second-order valence-corrected chi connectivity index (χ2v) is 5.19. The van der Waals surface area contributed by atoms with Crippen LogP contribution < -0.4 is 4.52 Å². The van der Waals surface area contributed by atoms with Gasteiger partial charge >= 0.3 is 7.60 Å². The molecule has 2 rings (SSSR count). The first kappa shape index (κ1) is 10.2. The highest BCUT2D eigenvalue weighted by atomic mass is 31.2. The average Bonchev–Trinajstić information content (AvgIpc) is 2.15. The number of rotatable bonds is 2. The highest BCUT2D eigenvalue weighted by molar-refractivity contribution is 7.52. The summed E-state index contributed by atoms with van der Waals surface area (Å²) in [6.07, 6.45) is 0. The summed E-state index contributed by atoms with van der Waals surface area (Å²) in [6.45, 7) is 1.17. The summed E-state index contributed by atoms with van der Waals surface area (Å²) in [6, 6.07) is 13.1. The SMILES string of the molecule is CP(=O)(O)Oc1ccc2ccccc2c1. The van der Waals surface area contributed by atoms with Crippen LogP contribution in [0, 0.1) is 0 Å². The first-order valence-electron chi connectivity index (χ1n) is 4.53. The van der Waals surface area contributed by atoms with E-state index in [1.807, 2.05) is 30.3 Å². The number of hydrogen-bond acceptors (Lipinski definition) is 2. The standard InChI is InChI=1S/C11H11O3P/c1-15(12,13)14-11-7-6-9-4-2-3-5-10(9)8-11/h2-8H,1H3,(H,12,13). The molecule has 1 N–H and O–H groups in total. The Hall–Kier alpha value is -1.31. The molecule has 0 heterocycles. The van der Waals surface area contributed by atoms with Gasteiger partial charge in [0.05, 0.1) is 0 Å². The molecule has 0 saturated carbocycles. The lowest BCUT2D eigenvalue weighted by Gasteiger charge is -2.08. The maximum absolute atomic E-state index is 11.1. The van der Waals surface area contributed by atoms with Gasteiger partial charge in [0.1, 0.15) is 5.75 Å². The van der Waals surface area contributed by atoms with Gasteiger partial charge < -0.3 is 9.42 Å². The molecule has 0 spiro atoms. The summed E-state index contributed by atoms with van der Waals surface area (Å²) in [7, 11) is -3.47. The first-order chi connectivity index (χ1) is 7.04. The smallest absolute Gasteiger partial charge is 0.373 e. The molecule has 78 valence electrons. The van der Waals surface area contributed by atoms with Crippen LogP contribution in [0.2, 0.25) is 0 Å². The van der Waals surface area contributed by atoms with Crippen LogP contribution in [0.1, 0.15) is 0 Å². The zero-order valence-corrected chi connectivity index (χ0v) is 9.15. The van der Waals surface area contributed by atoms with Gasteiger partial charge in [-0.1, -0.05) is 30.3 Å². The molecule has 0 amide bonds. The maximum Gasteiger partial charge on any atom is 0.373 e. The second-order valence-electron chi connectivity index (χ2n) is 3.40. The van der Waals surface area contributed by atoms with E-state index in [2.05, 4.69) is 0 Å². The van der Waals surface area contributed by atoms with Gasteiger partial charge in [0.15, 0.2) is 0 Å². The molecule has 2 aromatic carbocycles. The van der Waals surface area contributed by atoms with Gasteiger partial charge in [0.25, 0.3) is 0 Å². The molecule has 0 aliphatic carbocycles. The van der Waals surface area contributed by atoms with E-state index in [4.69, 9.17) is 9.42 Å². The molecular formula is C11H11O3P. The lowest BCUT2D eigenvalue weighted by atomic mass is 10.1. The Kier molecular flexibility index (Phi) is 2.51. The van der Waals surface area contributed by atoms with Gasteiger partial charge in [-0.2, -0.15) is 0 Å². The van der Waals surface area contributed by atoms with Crippen LogP contribution >= 0.6 is 7.60 Å². The zero-order valence-electron chi connectivity index (χ0n) is 8.25. The van der Waals surface area contributed by atoms with E-state index in [0.29, 0.717) is 5.75 Å². The average molecular weight is 222 g/mol. The van der Waals surface area contributed by atoms with Gasteiger partial charge in [0.2, 0.25) is 0 Å². The van der Waals surface area contributed by atoms with Gasteiger partial charge in [0, 0.05) is 6.66 Å². The fourth-order valence-electron chi connectivity index (χ4n) is 1.42. The van der Waals surface area contributed by atoms with Crippen molar-refractivity contribution in [3.8, 4) is 5.75 Å². The van der Waals surface area contributed by atoms with Crippen molar-refractivity contribution in [3.05, 3.63) is 42.5 Å². The highest BCUT2D eigenvalue weighted by Gasteiger charge is 2.11. The van der Waals surface area contributed by atoms with Crippen LogP contribution in [-0.2, 0) is 4.57 Å². The number of hydrogen-bond donors (Lipinski definition) is 1. The lowest BCUT2D eigenvalue weighted by molar-refractivity contribution is 0.388. The van der Waals surface area contributed by atoms with E-state index in [1.54, 1.807) is 12.1 Å². The summed E-state index contributed by atoms with van der Waals surface area (Å²) < 4.78 is 16.0. The number of fused-ring (bicyclic) bond motifs is 1. The van der Waals surface area contributed by atoms with Crippen LogP contribution in [0.4, 0.5) is 0 Å². The third kappa shape index (κ3) is 2.58. The molecular weight excluding hydrogens is 211 g/mol. The summed E-state index contributed by atoms with van der Waals surface area (Å²) in [5, 5.41) is 2.07. The van der Waals surface area contributed by atoms with E-state index < -0.39 is 7.60 Å². The van der Waals surface area contributed by atoms with Crippen molar-refractivity contribution >= 4 is 18.4 Å². The normalized spacial score (nSPS) is 14.8. The summed E-state index contributed by atoms with van der Waals surface area (Å²) >= 11 is 0. The quantitative estimate of drug-likeness (QED) is 0.794. The Bertz CT molecular complexity index is 530. The molecule has 4 heteroatoms. The molecule has 15 heavy (non-hydrogen) atoms. The Balaban J connectivity index is 2.43. The van der Waals surface area contributed by atoms with Crippen molar-refractivity contribution in [1.82, 2.24) is 0 Å². The van der Waals surface area contributed by atoms with Crippen molar-refractivity contribution in [1.29, 1.82) is 0 Å². The summed E-state index contributed by atoms with van der Waals surface area (Å²) in [4.78, 5) is 9.08. The molecule has 0 saturated heterocycles. The van der Waals surface area contributed by atoms with Crippen LogP contribution in [0.15, 0.2) is 42.5 Å². The summed E-state index contributed by atoms with van der Waals surface area (Å²) in [5.74, 6) is 0.419. The third-order valence-electron chi connectivity index (χ3n) is 2.00. The van der Waals surface area contributed by atoms with Crippen molar-refractivity contribution in [2.45, 2.75) is 0 Å². The predicted octanol–water partition coefficient (Wildman–Crippen LogP) is 3.03. The minimum absolute atomic E-state index is 0.419. The minimum atomic E-state index is -3.47. The molecule has 0 fully saturated rings. The van der Waals surface area contributed by atoms with Crippen molar-refractivity contribution in [2.75, 3.05) is 6.66 Å². The van der Waals surface area contributed by atoms with E-state index in [0.717, 1.165) is 10.8 Å². The summed E-state index contributed by atoms with van der Waals surface area (Å²) in [5.41, 5.74) is 0. The van der Waals surface area contributed by atoms with Crippen LogP contribution in [0.5, 0.6) is 5.75 Å². The zero-order chi connectivity index (χ0) is 10.9. The largest absolute Gasteiger partial charge is 0.425 e. The molecule has 1 unspecified atom stereocenters. The Morgan fingerprint density at radius 1 is 1.13 bits per heavy atom. The van der Waals surface area contributed by atoms with Gasteiger partial charge in [-0.25, -0.2) is 4.57 Å². The van der Waals surface area contributed by atoms with Crippen molar-refractivity contribution in [3.63, 3.8) is 0 Å². The molecule has 0 radical (unpaired) electrons. The van der Waals surface area contributed by atoms with E-state index in [1.165, 1.54) is 6.66 Å². The van der Waals surface area contributed by atoms with Crippen LogP contribution in [0.3, 0.4) is 0 Å². The van der Waals surface area contributed by atoms with E-state index >= 15 is 0 Å². The predicted molar refractivity (Wildman–Crippen MR) is 60.3 cm³/mol. The van der Waals surface area contributed by atoms with Crippen molar-refractivity contribution in [2.24, 2.45) is 0 Å². The molecule has 1 atom stereocenters. The third-order valence-corrected chi connectivity index (χ3v) is 2.55. The minimum Gasteiger partial charge on any atom is -0.425 e. The Morgan fingerprint density at radius 2 is 1.80 bits per heavy atom. The van der Waals surface area contributed by atoms with Gasteiger partial charge in [-0.05, 0) is 22.9 Å². The van der Waals surface area contributed by atoms with Crippen LogP contribution in [-0.4, -0.2) is 11.6 Å². The fourth-order valence-corrected chi connectivity index (χ4v) is 1.92. The topological polar surface area (TPSA) is 46.5 Å². The molecule has 0 bridgehead atoms. The van der Waals surface area contributed by atoms with E-state index in [9.17, 15) is 4.57 Å². The Morgan fingerprint density at radius 3 is 2.47 bits per heavy atom. The second kappa shape index (κ2) is 3.69. The molecule has 2 aromatic rings.